The number of hydrogen-bond acceptors (Lipinski definition) is 3. The monoisotopic (exact) mass is 411 g/mol. The van der Waals surface area contributed by atoms with Crippen molar-refractivity contribution in [1.82, 2.24) is 9.97 Å². The van der Waals surface area contributed by atoms with Crippen molar-refractivity contribution in [3.05, 3.63) is 22.6 Å². The zero-order valence-corrected chi connectivity index (χ0v) is 13.7. The summed E-state index contributed by atoms with van der Waals surface area (Å²) in [5.74, 6) is 0.974. The van der Waals surface area contributed by atoms with E-state index < -0.39 is 0 Å². The van der Waals surface area contributed by atoms with Gasteiger partial charge in [0, 0.05) is 6.92 Å². The molecule has 0 N–H and O–H groups in total. The van der Waals surface area contributed by atoms with Crippen molar-refractivity contribution in [2.45, 2.75) is 11.9 Å². The van der Waals surface area contributed by atoms with E-state index in [0.29, 0.717) is 0 Å². The number of nitrogens with zero attached hydrogens (tertiary/aromatic N) is 3. The Morgan fingerprint density at radius 3 is 2.75 bits per heavy atom. The van der Waals surface area contributed by atoms with Crippen molar-refractivity contribution in [2.75, 3.05) is 6.26 Å². The highest BCUT2D eigenvalue weighted by molar-refractivity contribution is 9.10. The van der Waals surface area contributed by atoms with Crippen LogP contribution in [0.5, 0.6) is 0 Å². The van der Waals surface area contributed by atoms with E-state index in [0.717, 1.165) is 26.4 Å². The fourth-order valence-corrected chi connectivity index (χ4v) is 2.37. The van der Waals surface area contributed by atoms with Crippen molar-refractivity contribution in [3.8, 4) is 0 Å². The van der Waals surface area contributed by atoms with E-state index in [-0.39, 0.29) is 24.0 Å². The van der Waals surface area contributed by atoms with Crippen molar-refractivity contribution in [2.24, 2.45) is 7.05 Å². The quantitative estimate of drug-likeness (QED) is 0.268. The number of fused-ring (bicyclic) bond motifs is 1. The Bertz CT molecular complexity index is 533. The zero-order chi connectivity index (χ0) is 11.0. The SMILES string of the molecule is CSc1nc(C)[n+](C)c2ncc(Br)cc12.[I-]. The molecule has 0 amide bonds. The minimum atomic E-state index is 0. The second-order valence-corrected chi connectivity index (χ2v) is 4.96. The lowest BCUT2D eigenvalue weighted by Gasteiger charge is -2.02. The summed E-state index contributed by atoms with van der Waals surface area (Å²) in [4.78, 5) is 8.94. The number of hydrogen-bond donors (Lipinski definition) is 0. The maximum Gasteiger partial charge on any atom is 0.273 e. The first-order chi connectivity index (χ1) is 7.13. The molecule has 0 aliphatic heterocycles. The first-order valence-electron chi connectivity index (χ1n) is 4.49. The van der Waals surface area contributed by atoms with Crippen LogP contribution < -0.4 is 28.5 Å². The van der Waals surface area contributed by atoms with Crippen molar-refractivity contribution < 1.29 is 28.5 Å². The van der Waals surface area contributed by atoms with E-state index in [2.05, 4.69) is 32.0 Å². The molecule has 0 spiro atoms. The number of aryl methyl sites for hydroxylation is 2. The Kier molecular flexibility index (Phi) is 4.93. The summed E-state index contributed by atoms with van der Waals surface area (Å²) in [6, 6.07) is 2.06. The summed E-state index contributed by atoms with van der Waals surface area (Å²) in [6.07, 6.45) is 3.84. The number of halogens is 2. The number of pyridine rings is 1. The minimum Gasteiger partial charge on any atom is -1.00 e. The van der Waals surface area contributed by atoms with Crippen LogP contribution in [0.3, 0.4) is 0 Å². The molecule has 0 radical (unpaired) electrons. The standard InChI is InChI=1S/C10H11BrN3S.HI/c1-6-13-10(15-3)8-4-7(11)5-12-9(8)14(6)2;/h4-5H,1-3H3;1H/q+1;/p-1. The first kappa shape index (κ1) is 14.1. The molecule has 0 saturated heterocycles. The highest BCUT2D eigenvalue weighted by atomic mass is 127. The maximum absolute atomic E-state index is 4.53. The highest BCUT2D eigenvalue weighted by Gasteiger charge is 2.15. The maximum atomic E-state index is 4.53. The number of aromatic nitrogens is 3. The molecule has 0 aromatic carbocycles. The summed E-state index contributed by atoms with van der Waals surface area (Å²) in [6.45, 7) is 1.99. The largest absolute Gasteiger partial charge is 1.00 e. The van der Waals surface area contributed by atoms with Gasteiger partial charge in [-0.1, -0.05) is 11.8 Å². The lowest BCUT2D eigenvalue weighted by Crippen LogP contribution is -3.00. The normalized spacial score (nSPS) is 10.2. The number of rotatable bonds is 1. The second kappa shape index (κ2) is 5.59. The molecule has 2 rings (SSSR count). The van der Waals surface area contributed by atoms with Gasteiger partial charge >= 0.3 is 0 Å². The van der Waals surface area contributed by atoms with Crippen molar-refractivity contribution >= 4 is 38.7 Å². The van der Waals surface area contributed by atoms with Gasteiger partial charge in [-0.2, -0.15) is 0 Å². The fraction of sp³-hybridized carbons (Fsp3) is 0.300. The Hall–Kier alpha value is 0.0500. The molecule has 0 saturated carbocycles. The molecule has 0 fully saturated rings. The molecular weight excluding hydrogens is 401 g/mol. The summed E-state index contributed by atoms with van der Waals surface area (Å²) >= 11 is 5.07. The molecule has 6 heteroatoms. The molecule has 2 aromatic rings. The van der Waals surface area contributed by atoms with Crippen molar-refractivity contribution in [1.29, 1.82) is 0 Å². The molecule has 2 heterocycles. The van der Waals surface area contributed by atoms with Crippen LogP contribution >= 0.6 is 27.7 Å². The predicted molar refractivity (Wildman–Crippen MR) is 64.9 cm³/mol. The lowest BCUT2D eigenvalue weighted by molar-refractivity contribution is -0.656. The molecule has 3 nitrogen and oxygen atoms in total. The molecular formula is C10H11BrIN3S. The Balaban J connectivity index is 0.00000128. The molecule has 86 valence electrons. The number of thioether (sulfide) groups is 1. The minimum absolute atomic E-state index is 0. The Labute approximate surface area is 124 Å². The van der Waals surface area contributed by atoms with Crippen LogP contribution in [0, 0.1) is 6.92 Å². The smallest absolute Gasteiger partial charge is 0.273 e. The second-order valence-electron chi connectivity index (χ2n) is 3.25. The highest BCUT2D eigenvalue weighted by Crippen LogP contribution is 2.23. The summed E-state index contributed by atoms with van der Waals surface area (Å²) in [5.41, 5.74) is 0.968. The van der Waals surface area contributed by atoms with Crippen LogP contribution in [-0.2, 0) is 7.05 Å². The average molecular weight is 412 g/mol. The third-order valence-corrected chi connectivity index (χ3v) is 3.46. The van der Waals surface area contributed by atoms with Crippen LogP contribution in [-0.4, -0.2) is 16.2 Å². The van der Waals surface area contributed by atoms with Gasteiger partial charge in [-0.05, 0) is 28.3 Å². The summed E-state index contributed by atoms with van der Waals surface area (Å²) < 4.78 is 2.98. The molecule has 0 unspecified atom stereocenters. The molecule has 2 aromatic heterocycles. The lowest BCUT2D eigenvalue weighted by atomic mass is 10.3. The third-order valence-electron chi connectivity index (χ3n) is 2.32. The van der Waals surface area contributed by atoms with E-state index in [1.165, 1.54) is 0 Å². The molecule has 0 bridgehead atoms. The van der Waals surface area contributed by atoms with Gasteiger partial charge < -0.3 is 24.0 Å². The third kappa shape index (κ3) is 2.48. The van der Waals surface area contributed by atoms with E-state index >= 15 is 0 Å². The first-order valence-corrected chi connectivity index (χ1v) is 6.51. The van der Waals surface area contributed by atoms with Gasteiger partial charge in [-0.25, -0.2) is 4.57 Å². The van der Waals surface area contributed by atoms with Gasteiger partial charge in [0.2, 0.25) is 5.82 Å². The van der Waals surface area contributed by atoms with Gasteiger partial charge in [0.1, 0.15) is 11.6 Å². The van der Waals surface area contributed by atoms with E-state index in [1.807, 2.05) is 31.0 Å². The topological polar surface area (TPSA) is 29.7 Å². The van der Waals surface area contributed by atoms with Crippen LogP contribution in [0.4, 0.5) is 0 Å². The van der Waals surface area contributed by atoms with Gasteiger partial charge in [0.05, 0.1) is 11.5 Å². The van der Waals surface area contributed by atoms with Crippen molar-refractivity contribution in [3.63, 3.8) is 0 Å². The summed E-state index contributed by atoms with van der Waals surface area (Å²) in [7, 11) is 1.98. The van der Waals surface area contributed by atoms with Gasteiger partial charge in [-0.15, -0.1) is 9.97 Å². The Morgan fingerprint density at radius 1 is 1.44 bits per heavy atom. The van der Waals surface area contributed by atoms with E-state index in [9.17, 15) is 0 Å². The molecule has 0 aliphatic rings. The zero-order valence-electron chi connectivity index (χ0n) is 9.16. The average Bonchev–Trinajstić information content (AvgIpc) is 2.23. The fourth-order valence-electron chi connectivity index (χ4n) is 1.45. The predicted octanol–water partition coefficient (Wildman–Crippen LogP) is -0.749. The van der Waals surface area contributed by atoms with Crippen LogP contribution in [0.15, 0.2) is 21.8 Å². The van der Waals surface area contributed by atoms with Crippen LogP contribution in [0.25, 0.3) is 11.0 Å². The Morgan fingerprint density at radius 2 is 2.12 bits per heavy atom. The summed E-state index contributed by atoms with van der Waals surface area (Å²) in [5, 5.41) is 2.11. The molecule has 0 atom stereocenters. The van der Waals surface area contributed by atoms with Gasteiger partial charge in [0.25, 0.3) is 5.65 Å². The molecule has 0 aliphatic carbocycles. The van der Waals surface area contributed by atoms with Crippen LogP contribution in [0.1, 0.15) is 5.82 Å². The van der Waals surface area contributed by atoms with E-state index in [4.69, 9.17) is 0 Å². The van der Waals surface area contributed by atoms with Gasteiger partial charge in [0.15, 0.2) is 5.03 Å². The van der Waals surface area contributed by atoms with E-state index in [1.54, 1.807) is 11.8 Å². The van der Waals surface area contributed by atoms with Gasteiger partial charge in [-0.3, -0.25) is 0 Å². The molecule has 16 heavy (non-hydrogen) atoms. The van der Waals surface area contributed by atoms with Crippen LogP contribution in [0.2, 0.25) is 0 Å².